The van der Waals surface area contributed by atoms with Crippen molar-refractivity contribution in [1.29, 1.82) is 0 Å². The molecular weight excluding hydrogens is 389 g/mol. The molecule has 7 heteroatoms. The molecule has 0 fully saturated rings. The summed E-state index contributed by atoms with van der Waals surface area (Å²) in [5.74, 6) is -0.0495. The van der Waals surface area contributed by atoms with E-state index in [4.69, 9.17) is 0 Å². The Labute approximate surface area is 170 Å². The highest BCUT2D eigenvalue weighted by Gasteiger charge is 2.33. The van der Waals surface area contributed by atoms with E-state index in [9.17, 15) is 18.3 Å². The Morgan fingerprint density at radius 1 is 1.00 bits per heavy atom. The van der Waals surface area contributed by atoms with E-state index in [2.05, 4.69) is 10.3 Å². The number of rotatable bonds is 3. The van der Waals surface area contributed by atoms with Crippen LogP contribution in [0.25, 0.3) is 11.3 Å². The molecule has 2 aromatic rings. The molecule has 1 aromatic carbocycles. The zero-order valence-corrected chi connectivity index (χ0v) is 17.8. The van der Waals surface area contributed by atoms with Crippen molar-refractivity contribution in [1.82, 2.24) is 10.3 Å². The SMILES string of the molecule is CC(C)(C)NCc1cc(C(C)(C)C)cc(-c2cccc(C(F)(F)F)n2)c1O.Cl. The van der Waals surface area contributed by atoms with Gasteiger partial charge in [-0.3, -0.25) is 0 Å². The Balaban J connectivity index is 0.00000392. The fraction of sp³-hybridized carbons (Fsp3) is 0.476. The first-order valence-electron chi connectivity index (χ1n) is 8.84. The number of hydrogen-bond donors (Lipinski definition) is 2. The van der Waals surface area contributed by atoms with Crippen LogP contribution in [0, 0.1) is 0 Å². The Kier molecular flexibility index (Phi) is 7.18. The number of phenolic OH excluding ortho intramolecular Hbond substituents is 1. The zero-order chi connectivity index (χ0) is 20.6. The lowest BCUT2D eigenvalue weighted by Gasteiger charge is -2.25. The summed E-state index contributed by atoms with van der Waals surface area (Å²) in [6.45, 7) is 12.5. The van der Waals surface area contributed by atoms with Gasteiger partial charge in [0, 0.05) is 23.2 Å². The predicted octanol–water partition coefficient (Wildman–Crippen LogP) is 6.08. The minimum absolute atomic E-state index is 0. The molecule has 0 amide bonds. The summed E-state index contributed by atoms with van der Waals surface area (Å²) in [5.41, 5.74) is 0.575. The molecule has 0 saturated carbocycles. The maximum atomic E-state index is 13.0. The van der Waals surface area contributed by atoms with Crippen molar-refractivity contribution in [3.63, 3.8) is 0 Å². The van der Waals surface area contributed by atoms with Crippen LogP contribution in [-0.4, -0.2) is 15.6 Å². The number of aromatic hydroxyl groups is 1. The molecule has 2 rings (SSSR count). The van der Waals surface area contributed by atoms with Crippen molar-refractivity contribution in [3.8, 4) is 17.0 Å². The molecular formula is C21H28ClF3N2O. The molecule has 3 nitrogen and oxygen atoms in total. The van der Waals surface area contributed by atoms with E-state index in [1.54, 1.807) is 6.07 Å². The van der Waals surface area contributed by atoms with Gasteiger partial charge in [-0.25, -0.2) is 4.98 Å². The van der Waals surface area contributed by atoms with Gasteiger partial charge in [0.2, 0.25) is 0 Å². The molecule has 0 aliphatic carbocycles. The van der Waals surface area contributed by atoms with E-state index in [1.165, 1.54) is 12.1 Å². The van der Waals surface area contributed by atoms with Gasteiger partial charge in [-0.05, 0) is 49.9 Å². The van der Waals surface area contributed by atoms with Crippen LogP contribution in [0.4, 0.5) is 13.2 Å². The van der Waals surface area contributed by atoms with E-state index < -0.39 is 11.9 Å². The monoisotopic (exact) mass is 416 g/mol. The second kappa shape index (κ2) is 8.29. The minimum Gasteiger partial charge on any atom is -0.507 e. The molecule has 0 unspecified atom stereocenters. The normalized spacial score (nSPS) is 12.6. The number of halogens is 4. The highest BCUT2D eigenvalue weighted by atomic mass is 35.5. The van der Waals surface area contributed by atoms with E-state index in [-0.39, 0.29) is 34.8 Å². The lowest BCUT2D eigenvalue weighted by molar-refractivity contribution is -0.141. The quantitative estimate of drug-likeness (QED) is 0.637. The first-order chi connectivity index (χ1) is 12.2. The van der Waals surface area contributed by atoms with Gasteiger partial charge in [0.1, 0.15) is 11.4 Å². The van der Waals surface area contributed by atoms with Gasteiger partial charge in [0.15, 0.2) is 0 Å². The number of nitrogens with zero attached hydrogens (tertiary/aromatic N) is 1. The fourth-order valence-electron chi connectivity index (χ4n) is 2.56. The molecule has 1 heterocycles. The molecule has 156 valence electrons. The summed E-state index contributed by atoms with van der Waals surface area (Å²) >= 11 is 0. The molecule has 0 bridgehead atoms. The van der Waals surface area contributed by atoms with Crippen molar-refractivity contribution in [2.45, 2.75) is 65.2 Å². The molecule has 0 aliphatic heterocycles. The standard InChI is InChI=1S/C21H27F3N2O.ClH/c1-19(2,3)14-10-13(12-25-20(4,5)6)18(27)15(11-14)16-8-7-9-17(26-16)21(22,23)24;/h7-11,25,27H,12H2,1-6H3;1H. The largest absolute Gasteiger partial charge is 0.507 e. The van der Waals surface area contributed by atoms with Crippen LogP contribution in [0.5, 0.6) is 5.75 Å². The van der Waals surface area contributed by atoms with Crippen LogP contribution < -0.4 is 5.32 Å². The van der Waals surface area contributed by atoms with Crippen LogP contribution in [0.15, 0.2) is 30.3 Å². The highest BCUT2D eigenvalue weighted by molar-refractivity contribution is 5.85. The van der Waals surface area contributed by atoms with Gasteiger partial charge in [0.25, 0.3) is 0 Å². The second-order valence-corrected chi connectivity index (χ2v) is 8.79. The topological polar surface area (TPSA) is 45.2 Å². The third-order valence-corrected chi connectivity index (χ3v) is 4.18. The van der Waals surface area contributed by atoms with Crippen LogP contribution in [-0.2, 0) is 18.1 Å². The van der Waals surface area contributed by atoms with Crippen molar-refractivity contribution >= 4 is 12.4 Å². The molecule has 0 aliphatic rings. The van der Waals surface area contributed by atoms with Crippen LogP contribution in [0.2, 0.25) is 0 Å². The van der Waals surface area contributed by atoms with Crippen molar-refractivity contribution < 1.29 is 18.3 Å². The summed E-state index contributed by atoms with van der Waals surface area (Å²) in [5, 5.41) is 14.1. The Morgan fingerprint density at radius 2 is 1.61 bits per heavy atom. The van der Waals surface area contributed by atoms with Gasteiger partial charge in [-0.1, -0.05) is 32.9 Å². The fourth-order valence-corrected chi connectivity index (χ4v) is 2.56. The minimum atomic E-state index is -4.54. The number of hydrogen-bond acceptors (Lipinski definition) is 3. The van der Waals surface area contributed by atoms with Crippen LogP contribution in [0.3, 0.4) is 0 Å². The van der Waals surface area contributed by atoms with Gasteiger partial charge >= 0.3 is 6.18 Å². The Hall–Kier alpha value is -1.79. The number of nitrogens with one attached hydrogen (secondary N) is 1. The van der Waals surface area contributed by atoms with Crippen LogP contribution >= 0.6 is 12.4 Å². The second-order valence-electron chi connectivity index (χ2n) is 8.79. The third kappa shape index (κ3) is 6.11. The lowest BCUT2D eigenvalue weighted by Crippen LogP contribution is -2.35. The number of pyridine rings is 1. The number of aromatic nitrogens is 1. The first kappa shape index (κ1) is 24.2. The summed E-state index contributed by atoms with van der Waals surface area (Å²) in [6, 6.07) is 7.33. The molecule has 0 radical (unpaired) electrons. The molecule has 0 atom stereocenters. The summed E-state index contributed by atoms with van der Waals surface area (Å²) in [4.78, 5) is 3.74. The number of phenols is 1. The summed E-state index contributed by atoms with van der Waals surface area (Å²) < 4.78 is 39.1. The number of alkyl halides is 3. The maximum absolute atomic E-state index is 13.0. The van der Waals surface area contributed by atoms with Gasteiger partial charge in [-0.15, -0.1) is 12.4 Å². The van der Waals surface area contributed by atoms with Crippen molar-refractivity contribution in [2.75, 3.05) is 0 Å². The molecule has 2 N–H and O–H groups in total. The zero-order valence-electron chi connectivity index (χ0n) is 17.0. The molecule has 0 saturated heterocycles. The Morgan fingerprint density at radius 3 is 2.11 bits per heavy atom. The third-order valence-electron chi connectivity index (χ3n) is 4.18. The number of benzene rings is 1. The van der Waals surface area contributed by atoms with Gasteiger partial charge < -0.3 is 10.4 Å². The lowest BCUT2D eigenvalue weighted by atomic mass is 9.84. The van der Waals surface area contributed by atoms with Gasteiger partial charge in [0.05, 0.1) is 5.69 Å². The average Bonchev–Trinajstić information content (AvgIpc) is 2.51. The van der Waals surface area contributed by atoms with Gasteiger partial charge in [-0.2, -0.15) is 13.2 Å². The highest BCUT2D eigenvalue weighted by Crippen LogP contribution is 2.38. The molecule has 1 aromatic heterocycles. The smallest absolute Gasteiger partial charge is 0.433 e. The predicted molar refractivity (Wildman–Crippen MR) is 109 cm³/mol. The first-order valence-corrected chi connectivity index (χ1v) is 8.84. The van der Waals surface area contributed by atoms with Crippen LogP contribution in [0.1, 0.15) is 58.4 Å². The molecule has 28 heavy (non-hydrogen) atoms. The Bertz CT molecular complexity index is 822. The van der Waals surface area contributed by atoms with E-state index >= 15 is 0 Å². The van der Waals surface area contributed by atoms with Crippen molar-refractivity contribution in [2.24, 2.45) is 0 Å². The summed E-state index contributed by atoms with van der Waals surface area (Å²) in [7, 11) is 0. The summed E-state index contributed by atoms with van der Waals surface area (Å²) in [6.07, 6.45) is -4.54. The van der Waals surface area contributed by atoms with E-state index in [0.717, 1.165) is 11.6 Å². The molecule has 0 spiro atoms. The average molecular weight is 417 g/mol. The van der Waals surface area contributed by atoms with Crippen molar-refractivity contribution in [3.05, 3.63) is 47.2 Å². The maximum Gasteiger partial charge on any atom is 0.433 e. The van der Waals surface area contributed by atoms with E-state index in [0.29, 0.717) is 17.7 Å². The van der Waals surface area contributed by atoms with E-state index in [1.807, 2.05) is 47.6 Å².